The lowest BCUT2D eigenvalue weighted by molar-refractivity contribution is 0.331. The highest BCUT2D eigenvalue weighted by molar-refractivity contribution is 5.64. The summed E-state index contributed by atoms with van der Waals surface area (Å²) in [5.74, 6) is 3.67. The highest BCUT2D eigenvalue weighted by atomic mass is 16.5. The second kappa shape index (κ2) is 7.37. The summed E-state index contributed by atoms with van der Waals surface area (Å²) in [5.41, 5.74) is 2.71. The molecule has 0 atom stereocenters. The van der Waals surface area contributed by atoms with E-state index in [0.29, 0.717) is 11.5 Å². The molecule has 0 aliphatic heterocycles. The Morgan fingerprint density at radius 3 is 2.48 bits per heavy atom. The maximum absolute atomic E-state index is 11.5. The Kier molecular flexibility index (Phi) is 5.27. The molecule has 2 aromatic rings. The quantitative estimate of drug-likeness (QED) is 0.797. The Labute approximate surface area is 136 Å². The minimum Gasteiger partial charge on any atom is -0.493 e. The van der Waals surface area contributed by atoms with E-state index in [1.54, 1.807) is 19.2 Å². The zero-order chi connectivity index (χ0) is 16.8. The molecule has 1 heterocycles. The maximum atomic E-state index is 11.5. The Balaban J connectivity index is 2.33. The fraction of sp³-hybridized carbons (Fsp3) is 0.211. The second-order valence-electron chi connectivity index (χ2n) is 5.06. The SMILES string of the molecule is C#CCOc1cc(/C=C/n2c(C)cc(=O)cc2C)ccc1OC. The number of rotatable bonds is 5. The molecule has 1 aromatic heterocycles. The fourth-order valence-electron chi connectivity index (χ4n) is 2.30. The number of pyridine rings is 1. The van der Waals surface area contributed by atoms with Gasteiger partial charge in [0.15, 0.2) is 16.9 Å². The third-order valence-corrected chi connectivity index (χ3v) is 3.38. The Morgan fingerprint density at radius 2 is 1.87 bits per heavy atom. The van der Waals surface area contributed by atoms with Gasteiger partial charge in [-0.1, -0.05) is 12.0 Å². The van der Waals surface area contributed by atoms with Crippen LogP contribution < -0.4 is 14.9 Å². The molecular formula is C19H19NO3. The van der Waals surface area contributed by atoms with Crippen LogP contribution in [0.3, 0.4) is 0 Å². The molecule has 118 valence electrons. The molecule has 0 N–H and O–H groups in total. The predicted molar refractivity (Wildman–Crippen MR) is 92.7 cm³/mol. The molecule has 1 aromatic carbocycles. The maximum Gasteiger partial charge on any atom is 0.182 e. The summed E-state index contributed by atoms with van der Waals surface area (Å²) in [6, 6.07) is 8.82. The van der Waals surface area contributed by atoms with Crippen LogP contribution >= 0.6 is 0 Å². The van der Waals surface area contributed by atoms with Crippen molar-refractivity contribution in [3.8, 4) is 23.8 Å². The number of benzene rings is 1. The summed E-state index contributed by atoms with van der Waals surface area (Å²) in [5, 5.41) is 0. The average molecular weight is 309 g/mol. The van der Waals surface area contributed by atoms with Crippen molar-refractivity contribution in [3.63, 3.8) is 0 Å². The molecule has 0 spiro atoms. The van der Waals surface area contributed by atoms with Crippen LogP contribution in [0.4, 0.5) is 0 Å². The van der Waals surface area contributed by atoms with Crippen LogP contribution in [0.1, 0.15) is 17.0 Å². The van der Waals surface area contributed by atoms with Crippen LogP contribution in [0.15, 0.2) is 35.1 Å². The molecule has 23 heavy (non-hydrogen) atoms. The number of hydrogen-bond acceptors (Lipinski definition) is 3. The minimum absolute atomic E-state index is 0.0130. The summed E-state index contributed by atoms with van der Waals surface area (Å²) < 4.78 is 12.7. The van der Waals surface area contributed by atoms with Crippen molar-refractivity contribution in [3.05, 3.63) is 57.5 Å². The fourth-order valence-corrected chi connectivity index (χ4v) is 2.30. The van der Waals surface area contributed by atoms with Gasteiger partial charge in [-0.25, -0.2) is 0 Å². The van der Waals surface area contributed by atoms with E-state index in [1.807, 2.05) is 48.9 Å². The number of terminal acetylenes is 1. The van der Waals surface area contributed by atoms with Gasteiger partial charge in [0.25, 0.3) is 0 Å². The first-order chi connectivity index (χ1) is 11.0. The van der Waals surface area contributed by atoms with Crippen molar-refractivity contribution >= 4 is 12.3 Å². The van der Waals surface area contributed by atoms with Crippen molar-refractivity contribution < 1.29 is 9.47 Å². The van der Waals surface area contributed by atoms with E-state index in [9.17, 15) is 4.79 Å². The molecule has 4 heteroatoms. The number of aromatic nitrogens is 1. The first-order valence-corrected chi connectivity index (χ1v) is 7.17. The smallest absolute Gasteiger partial charge is 0.182 e. The van der Waals surface area contributed by atoms with Crippen molar-refractivity contribution in [2.24, 2.45) is 0 Å². The molecule has 0 bridgehead atoms. The van der Waals surface area contributed by atoms with Crippen LogP contribution in [0, 0.1) is 26.2 Å². The van der Waals surface area contributed by atoms with Crippen LogP contribution in [0.2, 0.25) is 0 Å². The lowest BCUT2D eigenvalue weighted by atomic mass is 10.2. The summed E-state index contributed by atoms with van der Waals surface area (Å²) in [6.45, 7) is 3.98. The second-order valence-corrected chi connectivity index (χ2v) is 5.06. The van der Waals surface area contributed by atoms with Crippen LogP contribution in [0.5, 0.6) is 11.5 Å². The van der Waals surface area contributed by atoms with Gasteiger partial charge in [0.2, 0.25) is 0 Å². The third kappa shape index (κ3) is 4.04. The Bertz CT molecular complexity index is 799. The monoisotopic (exact) mass is 309 g/mol. The summed E-state index contributed by atoms with van der Waals surface area (Å²) >= 11 is 0. The molecule has 0 fully saturated rings. The van der Waals surface area contributed by atoms with E-state index >= 15 is 0 Å². The summed E-state index contributed by atoms with van der Waals surface area (Å²) in [7, 11) is 1.58. The van der Waals surface area contributed by atoms with Crippen molar-refractivity contribution in [1.82, 2.24) is 4.57 Å². The van der Waals surface area contributed by atoms with Crippen molar-refractivity contribution in [2.75, 3.05) is 13.7 Å². The molecule has 0 radical (unpaired) electrons. The van der Waals surface area contributed by atoms with Crippen LogP contribution in [-0.4, -0.2) is 18.3 Å². The van der Waals surface area contributed by atoms with E-state index in [-0.39, 0.29) is 12.0 Å². The number of aryl methyl sites for hydroxylation is 2. The van der Waals surface area contributed by atoms with Gasteiger partial charge in [-0.2, -0.15) is 0 Å². The normalized spacial score (nSPS) is 10.5. The van der Waals surface area contributed by atoms with Gasteiger partial charge in [0.1, 0.15) is 6.61 Å². The van der Waals surface area contributed by atoms with Crippen LogP contribution in [0.25, 0.3) is 12.3 Å². The van der Waals surface area contributed by atoms with Gasteiger partial charge in [-0.15, -0.1) is 6.42 Å². The van der Waals surface area contributed by atoms with Crippen molar-refractivity contribution in [1.29, 1.82) is 0 Å². The molecule has 0 aliphatic carbocycles. The largest absolute Gasteiger partial charge is 0.493 e. The minimum atomic E-state index is 0.0130. The molecule has 2 rings (SSSR count). The lowest BCUT2D eigenvalue weighted by Crippen LogP contribution is -2.08. The molecule has 0 aliphatic rings. The lowest BCUT2D eigenvalue weighted by Gasteiger charge is -2.10. The first kappa shape index (κ1) is 16.4. The van der Waals surface area contributed by atoms with Crippen LogP contribution in [-0.2, 0) is 0 Å². The van der Waals surface area contributed by atoms with Gasteiger partial charge < -0.3 is 14.0 Å². The number of ether oxygens (including phenoxy) is 2. The zero-order valence-electron chi connectivity index (χ0n) is 13.5. The van der Waals surface area contributed by atoms with Gasteiger partial charge >= 0.3 is 0 Å². The van der Waals surface area contributed by atoms with E-state index in [0.717, 1.165) is 17.0 Å². The van der Waals surface area contributed by atoms with E-state index < -0.39 is 0 Å². The Hall–Kier alpha value is -2.93. The van der Waals surface area contributed by atoms with Gasteiger partial charge in [-0.3, -0.25) is 4.79 Å². The van der Waals surface area contributed by atoms with Gasteiger partial charge in [0, 0.05) is 29.7 Å². The molecule has 0 amide bonds. The van der Waals surface area contributed by atoms with E-state index in [4.69, 9.17) is 15.9 Å². The average Bonchev–Trinajstić information content (AvgIpc) is 2.52. The number of methoxy groups -OCH3 is 1. The topological polar surface area (TPSA) is 40.5 Å². The van der Waals surface area contributed by atoms with E-state index in [2.05, 4.69) is 5.92 Å². The highest BCUT2D eigenvalue weighted by Gasteiger charge is 2.04. The molecular weight excluding hydrogens is 290 g/mol. The molecule has 0 saturated heterocycles. The van der Waals surface area contributed by atoms with E-state index in [1.165, 1.54) is 0 Å². The molecule has 0 saturated carbocycles. The molecule has 4 nitrogen and oxygen atoms in total. The standard InChI is InChI=1S/C19H19NO3/c1-5-10-23-19-13-16(6-7-18(19)22-4)8-9-20-14(2)11-17(21)12-15(20)3/h1,6-9,11-13H,10H2,2-4H3/b9-8+. The number of nitrogens with zero attached hydrogens (tertiary/aromatic N) is 1. The highest BCUT2D eigenvalue weighted by Crippen LogP contribution is 2.28. The van der Waals surface area contributed by atoms with Gasteiger partial charge in [-0.05, 0) is 37.6 Å². The number of hydrogen-bond donors (Lipinski definition) is 0. The summed E-state index contributed by atoms with van der Waals surface area (Å²) in [6.07, 6.45) is 9.08. The first-order valence-electron chi connectivity index (χ1n) is 7.17. The zero-order valence-corrected chi connectivity index (χ0v) is 13.5. The Morgan fingerprint density at radius 1 is 1.17 bits per heavy atom. The summed E-state index contributed by atoms with van der Waals surface area (Å²) in [4.78, 5) is 11.5. The van der Waals surface area contributed by atoms with Gasteiger partial charge in [0.05, 0.1) is 7.11 Å². The van der Waals surface area contributed by atoms with Crippen molar-refractivity contribution in [2.45, 2.75) is 13.8 Å². The third-order valence-electron chi connectivity index (χ3n) is 3.38. The predicted octanol–water partition coefficient (Wildman–Crippen LogP) is 3.11. The molecule has 0 unspecified atom stereocenters.